The minimum absolute atomic E-state index is 0.262. The Morgan fingerprint density at radius 3 is 2.62 bits per heavy atom. The van der Waals surface area contributed by atoms with Crippen molar-refractivity contribution >= 4 is 5.91 Å². The van der Waals surface area contributed by atoms with Crippen LogP contribution in [-0.4, -0.2) is 25.5 Å². The van der Waals surface area contributed by atoms with E-state index in [0.29, 0.717) is 5.92 Å². The van der Waals surface area contributed by atoms with Gasteiger partial charge in [0.25, 0.3) is 0 Å². The van der Waals surface area contributed by atoms with Gasteiger partial charge in [-0.3, -0.25) is 4.79 Å². The Kier molecular flexibility index (Phi) is 4.64. The van der Waals surface area contributed by atoms with Gasteiger partial charge in [-0.1, -0.05) is 19.3 Å². The summed E-state index contributed by atoms with van der Waals surface area (Å²) in [5.74, 6) is 1.76. The SMILES string of the molecule is O=C(CCC1CCC1)NCC1CCCNC1. The first-order chi connectivity index (χ1) is 7.84. The van der Waals surface area contributed by atoms with Crippen LogP contribution in [0.15, 0.2) is 0 Å². The summed E-state index contributed by atoms with van der Waals surface area (Å²) in [6.45, 7) is 3.09. The van der Waals surface area contributed by atoms with E-state index in [1.165, 1.54) is 32.1 Å². The molecule has 0 aromatic rings. The molecule has 1 atom stereocenters. The van der Waals surface area contributed by atoms with Gasteiger partial charge in [-0.2, -0.15) is 0 Å². The molecule has 92 valence electrons. The van der Waals surface area contributed by atoms with Gasteiger partial charge in [0, 0.05) is 13.0 Å². The predicted molar refractivity (Wildman–Crippen MR) is 65.2 cm³/mol. The lowest BCUT2D eigenvalue weighted by atomic mass is 9.82. The van der Waals surface area contributed by atoms with Crippen molar-refractivity contribution in [2.24, 2.45) is 11.8 Å². The molecule has 0 bridgehead atoms. The van der Waals surface area contributed by atoms with Gasteiger partial charge in [0.2, 0.25) is 5.91 Å². The molecule has 0 radical (unpaired) electrons. The van der Waals surface area contributed by atoms with Crippen molar-refractivity contribution in [1.29, 1.82) is 0 Å². The zero-order valence-electron chi connectivity index (χ0n) is 10.1. The monoisotopic (exact) mass is 224 g/mol. The van der Waals surface area contributed by atoms with E-state index in [4.69, 9.17) is 0 Å². The van der Waals surface area contributed by atoms with Gasteiger partial charge in [-0.25, -0.2) is 0 Å². The average molecular weight is 224 g/mol. The second-order valence-corrected chi connectivity index (χ2v) is 5.35. The molecule has 0 spiro atoms. The number of nitrogens with one attached hydrogen (secondary N) is 2. The third-order valence-corrected chi connectivity index (χ3v) is 3.99. The van der Waals surface area contributed by atoms with Crippen molar-refractivity contribution in [3.63, 3.8) is 0 Å². The van der Waals surface area contributed by atoms with Crippen molar-refractivity contribution in [1.82, 2.24) is 10.6 Å². The Hall–Kier alpha value is -0.570. The molecule has 0 aromatic carbocycles. The van der Waals surface area contributed by atoms with Crippen LogP contribution in [0.5, 0.6) is 0 Å². The minimum atomic E-state index is 0.262. The molecule has 1 saturated heterocycles. The van der Waals surface area contributed by atoms with E-state index in [-0.39, 0.29) is 5.91 Å². The summed E-state index contributed by atoms with van der Waals surface area (Å²) in [7, 11) is 0. The summed E-state index contributed by atoms with van der Waals surface area (Å²) in [6, 6.07) is 0. The van der Waals surface area contributed by atoms with Crippen LogP contribution in [0, 0.1) is 11.8 Å². The number of carbonyl (C=O) groups excluding carboxylic acids is 1. The summed E-state index contributed by atoms with van der Waals surface area (Å²) in [5.41, 5.74) is 0. The van der Waals surface area contributed by atoms with Gasteiger partial charge in [-0.15, -0.1) is 0 Å². The molecule has 2 rings (SSSR count). The molecule has 2 N–H and O–H groups in total. The van der Waals surface area contributed by atoms with Crippen molar-refractivity contribution in [2.45, 2.75) is 44.9 Å². The number of piperidine rings is 1. The van der Waals surface area contributed by atoms with Crippen molar-refractivity contribution in [2.75, 3.05) is 19.6 Å². The van der Waals surface area contributed by atoms with E-state index < -0.39 is 0 Å². The predicted octanol–water partition coefficient (Wildman–Crippen LogP) is 1.68. The van der Waals surface area contributed by atoms with Crippen LogP contribution in [0.2, 0.25) is 0 Å². The average Bonchev–Trinajstić information content (AvgIpc) is 2.26. The highest BCUT2D eigenvalue weighted by Crippen LogP contribution is 2.30. The summed E-state index contributed by atoms with van der Waals surface area (Å²) in [4.78, 5) is 11.6. The molecule has 3 nitrogen and oxygen atoms in total. The zero-order chi connectivity index (χ0) is 11.2. The fourth-order valence-electron chi connectivity index (χ4n) is 2.56. The Morgan fingerprint density at radius 2 is 2.00 bits per heavy atom. The maximum Gasteiger partial charge on any atom is 0.220 e. The zero-order valence-corrected chi connectivity index (χ0v) is 10.1. The number of amides is 1. The van der Waals surface area contributed by atoms with Crippen LogP contribution in [-0.2, 0) is 4.79 Å². The third kappa shape index (κ3) is 3.78. The molecule has 0 aromatic heterocycles. The largest absolute Gasteiger partial charge is 0.356 e. The smallest absolute Gasteiger partial charge is 0.220 e. The molecule has 3 heteroatoms. The highest BCUT2D eigenvalue weighted by atomic mass is 16.1. The Labute approximate surface area is 98.4 Å². The van der Waals surface area contributed by atoms with E-state index in [0.717, 1.165) is 38.4 Å². The highest BCUT2D eigenvalue weighted by molar-refractivity contribution is 5.75. The number of rotatable bonds is 5. The Balaban J connectivity index is 1.52. The molecule has 1 saturated carbocycles. The summed E-state index contributed by atoms with van der Waals surface area (Å²) >= 11 is 0. The van der Waals surface area contributed by atoms with Crippen LogP contribution >= 0.6 is 0 Å². The maximum atomic E-state index is 11.6. The number of hydrogen-bond donors (Lipinski definition) is 2. The molecule has 1 aliphatic heterocycles. The molecule has 2 aliphatic rings. The first kappa shape index (κ1) is 11.9. The van der Waals surface area contributed by atoms with Crippen molar-refractivity contribution in [3.8, 4) is 0 Å². The van der Waals surface area contributed by atoms with Gasteiger partial charge < -0.3 is 10.6 Å². The molecule has 2 fully saturated rings. The molecule has 1 amide bonds. The van der Waals surface area contributed by atoms with Gasteiger partial charge in [-0.05, 0) is 44.2 Å². The summed E-state index contributed by atoms with van der Waals surface area (Å²) in [6.07, 6.45) is 8.43. The van der Waals surface area contributed by atoms with E-state index in [1.807, 2.05) is 0 Å². The highest BCUT2D eigenvalue weighted by Gasteiger charge is 2.19. The lowest BCUT2D eigenvalue weighted by molar-refractivity contribution is -0.121. The molecule has 1 unspecified atom stereocenters. The van der Waals surface area contributed by atoms with E-state index >= 15 is 0 Å². The normalized spacial score (nSPS) is 26.1. The Morgan fingerprint density at radius 1 is 1.19 bits per heavy atom. The first-order valence-electron chi connectivity index (χ1n) is 6.82. The topological polar surface area (TPSA) is 41.1 Å². The van der Waals surface area contributed by atoms with Crippen molar-refractivity contribution < 1.29 is 4.79 Å². The van der Waals surface area contributed by atoms with Gasteiger partial charge in [0.15, 0.2) is 0 Å². The molecular formula is C13H24N2O. The van der Waals surface area contributed by atoms with Crippen LogP contribution in [0.1, 0.15) is 44.9 Å². The second-order valence-electron chi connectivity index (χ2n) is 5.35. The lowest BCUT2D eigenvalue weighted by Crippen LogP contribution is -2.38. The molecule has 1 heterocycles. The standard InChI is InChI=1S/C13H24N2O/c16-13(7-6-11-3-1-4-11)15-10-12-5-2-8-14-9-12/h11-12,14H,1-10H2,(H,15,16). The first-order valence-corrected chi connectivity index (χ1v) is 6.82. The van der Waals surface area contributed by atoms with E-state index in [1.54, 1.807) is 0 Å². The lowest BCUT2D eigenvalue weighted by Gasteiger charge is -2.25. The van der Waals surface area contributed by atoms with Crippen LogP contribution < -0.4 is 10.6 Å². The van der Waals surface area contributed by atoms with Crippen LogP contribution in [0.3, 0.4) is 0 Å². The van der Waals surface area contributed by atoms with Crippen LogP contribution in [0.4, 0.5) is 0 Å². The summed E-state index contributed by atoms with van der Waals surface area (Å²) in [5, 5.41) is 6.45. The Bertz CT molecular complexity index is 220. The number of carbonyl (C=O) groups is 1. The minimum Gasteiger partial charge on any atom is -0.356 e. The second kappa shape index (κ2) is 6.24. The fraction of sp³-hybridized carbons (Fsp3) is 0.923. The molecular weight excluding hydrogens is 200 g/mol. The van der Waals surface area contributed by atoms with Crippen molar-refractivity contribution in [3.05, 3.63) is 0 Å². The third-order valence-electron chi connectivity index (χ3n) is 3.99. The fourth-order valence-corrected chi connectivity index (χ4v) is 2.56. The molecule has 1 aliphatic carbocycles. The van der Waals surface area contributed by atoms with Crippen LogP contribution in [0.25, 0.3) is 0 Å². The number of hydrogen-bond acceptors (Lipinski definition) is 2. The van der Waals surface area contributed by atoms with Gasteiger partial charge in [0.1, 0.15) is 0 Å². The van der Waals surface area contributed by atoms with Gasteiger partial charge >= 0.3 is 0 Å². The van der Waals surface area contributed by atoms with E-state index in [2.05, 4.69) is 10.6 Å². The maximum absolute atomic E-state index is 11.6. The molecule has 16 heavy (non-hydrogen) atoms. The van der Waals surface area contributed by atoms with Gasteiger partial charge in [0.05, 0.1) is 0 Å². The summed E-state index contributed by atoms with van der Waals surface area (Å²) < 4.78 is 0. The van der Waals surface area contributed by atoms with E-state index in [9.17, 15) is 4.79 Å². The quantitative estimate of drug-likeness (QED) is 0.746.